The number of carbonyl (C=O) groups excluding carboxylic acids is 1. The molecule has 1 aromatic rings. The van der Waals surface area contributed by atoms with Gasteiger partial charge in [-0.2, -0.15) is 0 Å². The molecule has 0 aliphatic heterocycles. The van der Waals surface area contributed by atoms with Gasteiger partial charge in [-0.25, -0.2) is 0 Å². The Labute approximate surface area is 96.5 Å². The highest BCUT2D eigenvalue weighted by Crippen LogP contribution is 2.06. The predicted octanol–water partition coefficient (Wildman–Crippen LogP) is 1.82. The van der Waals surface area contributed by atoms with Crippen LogP contribution in [0.5, 0.6) is 0 Å². The summed E-state index contributed by atoms with van der Waals surface area (Å²) < 4.78 is 0. The Morgan fingerprint density at radius 1 is 1.31 bits per heavy atom. The lowest BCUT2D eigenvalue weighted by atomic mass is 10.0. The number of benzene rings is 1. The molecule has 0 saturated carbocycles. The maximum atomic E-state index is 11.8. The summed E-state index contributed by atoms with van der Waals surface area (Å²) in [7, 11) is 0. The van der Waals surface area contributed by atoms with Crippen LogP contribution in [-0.4, -0.2) is 23.7 Å². The van der Waals surface area contributed by atoms with E-state index in [9.17, 15) is 4.79 Å². The third kappa shape index (κ3) is 4.03. The molecule has 0 aliphatic carbocycles. The van der Waals surface area contributed by atoms with Crippen LogP contribution in [0.3, 0.4) is 0 Å². The van der Waals surface area contributed by atoms with Gasteiger partial charge in [-0.15, -0.1) is 0 Å². The Balaban J connectivity index is 2.56. The van der Waals surface area contributed by atoms with Gasteiger partial charge in [0.25, 0.3) is 5.91 Å². The van der Waals surface area contributed by atoms with Crippen molar-refractivity contribution < 1.29 is 9.90 Å². The maximum Gasteiger partial charge on any atom is 0.251 e. The largest absolute Gasteiger partial charge is 0.394 e. The van der Waals surface area contributed by atoms with E-state index in [0.717, 1.165) is 6.42 Å². The van der Waals surface area contributed by atoms with E-state index in [1.807, 2.05) is 18.2 Å². The van der Waals surface area contributed by atoms with Crippen molar-refractivity contribution in [3.63, 3.8) is 0 Å². The van der Waals surface area contributed by atoms with Crippen LogP contribution in [-0.2, 0) is 0 Å². The molecule has 0 fully saturated rings. The van der Waals surface area contributed by atoms with Crippen molar-refractivity contribution in [1.29, 1.82) is 0 Å². The molecule has 0 spiro atoms. The monoisotopic (exact) mass is 221 g/mol. The molecule has 0 heterocycles. The fourth-order valence-electron chi connectivity index (χ4n) is 1.61. The lowest BCUT2D eigenvalue weighted by Crippen LogP contribution is -2.38. The smallest absolute Gasteiger partial charge is 0.251 e. The van der Waals surface area contributed by atoms with Gasteiger partial charge in [0.05, 0.1) is 12.6 Å². The Hall–Kier alpha value is -1.35. The van der Waals surface area contributed by atoms with Crippen LogP contribution in [0.2, 0.25) is 0 Å². The molecule has 0 radical (unpaired) electrons. The van der Waals surface area contributed by atoms with E-state index in [1.165, 1.54) is 0 Å². The van der Waals surface area contributed by atoms with Gasteiger partial charge in [0, 0.05) is 5.56 Å². The summed E-state index contributed by atoms with van der Waals surface area (Å²) >= 11 is 0. The normalized spacial score (nSPS) is 12.5. The molecule has 3 nitrogen and oxygen atoms in total. The zero-order valence-corrected chi connectivity index (χ0v) is 9.81. The van der Waals surface area contributed by atoms with Gasteiger partial charge in [0.2, 0.25) is 0 Å². The molecule has 3 heteroatoms. The first-order valence-electron chi connectivity index (χ1n) is 5.60. The van der Waals surface area contributed by atoms with Crippen molar-refractivity contribution >= 4 is 5.91 Å². The third-order valence-corrected chi connectivity index (χ3v) is 2.35. The summed E-state index contributed by atoms with van der Waals surface area (Å²) in [5.41, 5.74) is 0.629. The van der Waals surface area contributed by atoms with Crippen LogP contribution < -0.4 is 5.32 Å². The van der Waals surface area contributed by atoms with E-state index in [2.05, 4.69) is 19.2 Å². The minimum atomic E-state index is -0.160. The molecule has 0 bridgehead atoms. The number of amides is 1. The van der Waals surface area contributed by atoms with Crippen LogP contribution in [0, 0.1) is 5.92 Å². The van der Waals surface area contributed by atoms with Crippen molar-refractivity contribution in [3.8, 4) is 0 Å². The number of aliphatic hydroxyl groups is 1. The third-order valence-electron chi connectivity index (χ3n) is 2.35. The molecule has 0 saturated heterocycles. The molecule has 2 N–H and O–H groups in total. The Morgan fingerprint density at radius 2 is 1.94 bits per heavy atom. The zero-order valence-electron chi connectivity index (χ0n) is 9.81. The highest BCUT2D eigenvalue weighted by Gasteiger charge is 2.13. The maximum absolute atomic E-state index is 11.8. The fraction of sp³-hybridized carbons (Fsp3) is 0.462. The van der Waals surface area contributed by atoms with E-state index in [1.54, 1.807) is 12.1 Å². The lowest BCUT2D eigenvalue weighted by Gasteiger charge is -2.18. The predicted molar refractivity (Wildman–Crippen MR) is 64.2 cm³/mol. The van der Waals surface area contributed by atoms with Crippen molar-refractivity contribution in [3.05, 3.63) is 35.9 Å². The molecule has 1 amide bonds. The average Bonchev–Trinajstić information content (AvgIpc) is 2.28. The minimum absolute atomic E-state index is 0.0171. The van der Waals surface area contributed by atoms with E-state index in [-0.39, 0.29) is 18.6 Å². The first-order chi connectivity index (χ1) is 7.63. The van der Waals surface area contributed by atoms with Crippen LogP contribution in [0.25, 0.3) is 0 Å². The molecular formula is C13H19NO2. The lowest BCUT2D eigenvalue weighted by molar-refractivity contribution is 0.0908. The first-order valence-corrected chi connectivity index (χ1v) is 5.60. The standard InChI is InChI=1S/C13H19NO2/c1-10(2)8-12(9-15)14-13(16)11-6-4-3-5-7-11/h3-7,10,12,15H,8-9H2,1-2H3,(H,14,16)/t12-/m0/s1. The zero-order chi connectivity index (χ0) is 12.0. The second-order valence-electron chi connectivity index (χ2n) is 4.35. The van der Waals surface area contributed by atoms with Crippen molar-refractivity contribution in [2.45, 2.75) is 26.3 Å². The van der Waals surface area contributed by atoms with E-state index in [0.29, 0.717) is 11.5 Å². The number of hydrogen-bond acceptors (Lipinski definition) is 2. The second kappa shape index (κ2) is 6.28. The highest BCUT2D eigenvalue weighted by atomic mass is 16.3. The highest BCUT2D eigenvalue weighted by molar-refractivity contribution is 5.94. The summed E-state index contributed by atoms with van der Waals surface area (Å²) in [6.07, 6.45) is 0.787. The van der Waals surface area contributed by atoms with Gasteiger partial charge < -0.3 is 10.4 Å². The summed E-state index contributed by atoms with van der Waals surface area (Å²) in [5, 5.41) is 12.0. The number of carbonyl (C=O) groups is 1. The molecule has 0 unspecified atom stereocenters. The van der Waals surface area contributed by atoms with Gasteiger partial charge >= 0.3 is 0 Å². The van der Waals surface area contributed by atoms with Gasteiger partial charge in [-0.05, 0) is 24.5 Å². The van der Waals surface area contributed by atoms with Crippen LogP contribution in [0.4, 0.5) is 0 Å². The van der Waals surface area contributed by atoms with Gasteiger partial charge in [-0.1, -0.05) is 32.0 Å². The summed E-state index contributed by atoms with van der Waals surface area (Å²) in [6.45, 7) is 4.12. The topological polar surface area (TPSA) is 49.3 Å². The molecule has 16 heavy (non-hydrogen) atoms. The van der Waals surface area contributed by atoms with Crippen LogP contribution >= 0.6 is 0 Å². The Kier molecular flexibility index (Phi) is 4.99. The van der Waals surface area contributed by atoms with E-state index < -0.39 is 0 Å². The quantitative estimate of drug-likeness (QED) is 0.797. The summed E-state index contributed by atoms with van der Waals surface area (Å²) in [4.78, 5) is 11.8. The van der Waals surface area contributed by atoms with E-state index in [4.69, 9.17) is 5.11 Å². The van der Waals surface area contributed by atoms with Crippen molar-refractivity contribution in [2.75, 3.05) is 6.61 Å². The van der Waals surface area contributed by atoms with Gasteiger partial charge in [-0.3, -0.25) is 4.79 Å². The van der Waals surface area contributed by atoms with Crippen LogP contribution in [0.15, 0.2) is 30.3 Å². The van der Waals surface area contributed by atoms with E-state index >= 15 is 0 Å². The van der Waals surface area contributed by atoms with Crippen LogP contribution in [0.1, 0.15) is 30.6 Å². The molecule has 1 aromatic carbocycles. The number of rotatable bonds is 5. The van der Waals surface area contributed by atoms with Crippen molar-refractivity contribution in [1.82, 2.24) is 5.32 Å². The Morgan fingerprint density at radius 3 is 2.44 bits per heavy atom. The second-order valence-corrected chi connectivity index (χ2v) is 4.35. The summed E-state index contributed by atoms with van der Waals surface area (Å²) in [5.74, 6) is 0.327. The molecule has 0 aliphatic rings. The molecular weight excluding hydrogens is 202 g/mol. The number of hydrogen-bond donors (Lipinski definition) is 2. The minimum Gasteiger partial charge on any atom is -0.394 e. The average molecular weight is 221 g/mol. The van der Waals surface area contributed by atoms with Gasteiger partial charge in [0.1, 0.15) is 0 Å². The SMILES string of the molecule is CC(C)C[C@@H](CO)NC(=O)c1ccccc1. The van der Waals surface area contributed by atoms with Crippen molar-refractivity contribution in [2.24, 2.45) is 5.92 Å². The molecule has 1 atom stereocenters. The molecule has 0 aromatic heterocycles. The molecule has 1 rings (SSSR count). The number of aliphatic hydroxyl groups excluding tert-OH is 1. The number of nitrogens with one attached hydrogen (secondary N) is 1. The van der Waals surface area contributed by atoms with Gasteiger partial charge in [0.15, 0.2) is 0 Å². The first kappa shape index (κ1) is 12.7. The summed E-state index contributed by atoms with van der Waals surface area (Å²) in [6, 6.07) is 8.89. The Bertz CT molecular complexity index is 322. The fourth-order valence-corrected chi connectivity index (χ4v) is 1.61. The molecule has 88 valence electrons.